The number of hydrogen-bond donors (Lipinski definition) is 1. The highest BCUT2D eigenvalue weighted by atomic mass is 32.1. The molecule has 4 nitrogen and oxygen atoms in total. The Hall–Kier alpha value is -2.27. The van der Waals surface area contributed by atoms with E-state index >= 15 is 0 Å². The average Bonchev–Trinajstić information content (AvgIpc) is 2.79. The van der Waals surface area contributed by atoms with Crippen molar-refractivity contribution in [2.45, 2.75) is 20.8 Å². The second kappa shape index (κ2) is 6.95. The summed E-state index contributed by atoms with van der Waals surface area (Å²) in [5, 5.41) is 4.86. The average molecular weight is 299 g/mol. The molecule has 0 unspecified atom stereocenters. The highest BCUT2D eigenvalue weighted by Gasteiger charge is 2.12. The number of hydrogen-bond acceptors (Lipinski definition) is 4. The first kappa shape index (κ1) is 15.1. The second-order valence-electron chi connectivity index (χ2n) is 4.65. The van der Waals surface area contributed by atoms with Crippen LogP contribution < -0.4 is 5.43 Å². The third-order valence-corrected chi connectivity index (χ3v) is 3.81. The van der Waals surface area contributed by atoms with E-state index in [1.54, 1.807) is 6.21 Å². The fourth-order valence-corrected chi connectivity index (χ4v) is 2.64. The number of rotatable bonds is 4. The zero-order chi connectivity index (χ0) is 15.2. The highest BCUT2D eigenvalue weighted by Crippen LogP contribution is 2.16. The van der Waals surface area contributed by atoms with Crippen LogP contribution in [0, 0.1) is 13.8 Å². The van der Waals surface area contributed by atoms with Gasteiger partial charge in [-0.1, -0.05) is 36.4 Å². The van der Waals surface area contributed by atoms with Crippen LogP contribution in [-0.4, -0.2) is 17.1 Å². The lowest BCUT2D eigenvalue weighted by Crippen LogP contribution is -2.17. The Kier molecular flexibility index (Phi) is 5.00. The molecule has 0 saturated carbocycles. The fraction of sp³-hybridized carbons (Fsp3) is 0.188. The van der Waals surface area contributed by atoms with Crippen LogP contribution in [0.25, 0.3) is 6.08 Å². The number of hydrazone groups is 1. The van der Waals surface area contributed by atoms with Crippen molar-refractivity contribution in [3.63, 3.8) is 0 Å². The monoisotopic (exact) mass is 299 g/mol. The van der Waals surface area contributed by atoms with Crippen molar-refractivity contribution in [3.8, 4) is 0 Å². The van der Waals surface area contributed by atoms with E-state index in [0.717, 1.165) is 21.8 Å². The van der Waals surface area contributed by atoms with Crippen molar-refractivity contribution in [1.82, 2.24) is 10.4 Å². The van der Waals surface area contributed by atoms with Gasteiger partial charge in [-0.25, -0.2) is 10.4 Å². The summed E-state index contributed by atoms with van der Waals surface area (Å²) in [5.41, 5.74) is 5.32. The lowest BCUT2D eigenvalue weighted by molar-refractivity contribution is 0.0958. The van der Waals surface area contributed by atoms with Crippen molar-refractivity contribution < 1.29 is 4.79 Å². The normalized spacial score (nSPS) is 11.9. The molecule has 1 aromatic carbocycles. The Morgan fingerprint density at radius 2 is 2.00 bits per heavy atom. The van der Waals surface area contributed by atoms with Gasteiger partial charge in [0.05, 0.1) is 16.9 Å². The summed E-state index contributed by atoms with van der Waals surface area (Å²) >= 11 is 1.37. The van der Waals surface area contributed by atoms with Crippen LogP contribution in [0.1, 0.15) is 32.9 Å². The molecule has 0 spiro atoms. The number of nitrogens with zero attached hydrogens (tertiary/aromatic N) is 2. The number of carbonyl (C=O) groups excluding carboxylic acids is 1. The van der Waals surface area contributed by atoms with E-state index in [1.165, 1.54) is 11.3 Å². The van der Waals surface area contributed by atoms with Crippen molar-refractivity contribution in [1.29, 1.82) is 0 Å². The number of benzene rings is 1. The lowest BCUT2D eigenvalue weighted by atomic mass is 10.1. The van der Waals surface area contributed by atoms with E-state index in [2.05, 4.69) is 15.5 Å². The Bertz CT molecular complexity index is 687. The van der Waals surface area contributed by atoms with Crippen molar-refractivity contribution in [2.24, 2.45) is 5.10 Å². The molecule has 5 heteroatoms. The number of allylic oxidation sites excluding steroid dienone is 1. The van der Waals surface area contributed by atoms with E-state index < -0.39 is 0 Å². The third kappa shape index (κ3) is 4.36. The first-order chi connectivity index (χ1) is 10.1. The summed E-state index contributed by atoms with van der Waals surface area (Å²) in [6.45, 7) is 5.64. The molecule has 21 heavy (non-hydrogen) atoms. The van der Waals surface area contributed by atoms with Gasteiger partial charge in [0.15, 0.2) is 0 Å². The topological polar surface area (TPSA) is 54.4 Å². The zero-order valence-electron chi connectivity index (χ0n) is 12.3. The summed E-state index contributed by atoms with van der Waals surface area (Å²) in [4.78, 5) is 16.8. The number of carbonyl (C=O) groups is 1. The predicted molar refractivity (Wildman–Crippen MR) is 87.6 cm³/mol. The first-order valence-electron chi connectivity index (χ1n) is 6.57. The van der Waals surface area contributed by atoms with Gasteiger partial charge in [-0.05, 0) is 31.9 Å². The van der Waals surface area contributed by atoms with Crippen LogP contribution in [0.5, 0.6) is 0 Å². The van der Waals surface area contributed by atoms with Gasteiger partial charge in [0, 0.05) is 0 Å². The first-order valence-corrected chi connectivity index (χ1v) is 7.38. The largest absolute Gasteiger partial charge is 0.283 e. The molecular weight excluding hydrogens is 282 g/mol. The standard InChI is InChI=1S/C16H17N3OS/c1-11(9-14-7-5-4-6-8-14)10-17-19-16(20)15-12(2)18-13(3)21-15/h4-10H,1-3H3,(H,19,20)/b11-9+,17-10?. The van der Waals surface area contributed by atoms with Crippen molar-refractivity contribution in [2.75, 3.05) is 0 Å². The maximum absolute atomic E-state index is 11.9. The van der Waals surface area contributed by atoms with Crippen molar-refractivity contribution >= 4 is 29.5 Å². The molecule has 2 aromatic rings. The van der Waals surface area contributed by atoms with Crippen molar-refractivity contribution in [3.05, 3.63) is 57.0 Å². The molecule has 0 saturated heterocycles. The van der Waals surface area contributed by atoms with Crippen LogP contribution >= 0.6 is 11.3 Å². The van der Waals surface area contributed by atoms with Gasteiger partial charge in [-0.2, -0.15) is 5.10 Å². The van der Waals surface area contributed by atoms with Crippen LogP contribution in [0.3, 0.4) is 0 Å². The van der Waals surface area contributed by atoms with Crippen LogP contribution in [0.15, 0.2) is 41.0 Å². The number of nitrogens with one attached hydrogen (secondary N) is 1. The number of aromatic nitrogens is 1. The maximum Gasteiger partial charge on any atom is 0.283 e. The lowest BCUT2D eigenvalue weighted by Gasteiger charge is -1.97. The summed E-state index contributed by atoms with van der Waals surface area (Å²) < 4.78 is 0. The summed E-state index contributed by atoms with van der Waals surface area (Å²) in [6.07, 6.45) is 3.63. The molecule has 0 fully saturated rings. The minimum absolute atomic E-state index is 0.220. The Morgan fingerprint density at radius 1 is 1.29 bits per heavy atom. The molecule has 108 valence electrons. The molecule has 1 amide bonds. The highest BCUT2D eigenvalue weighted by molar-refractivity contribution is 7.13. The summed E-state index contributed by atoms with van der Waals surface area (Å²) in [5.74, 6) is -0.220. The molecule has 1 aromatic heterocycles. The van der Waals surface area contributed by atoms with Crippen LogP contribution in [-0.2, 0) is 0 Å². The van der Waals surface area contributed by atoms with Gasteiger partial charge in [-0.15, -0.1) is 11.3 Å². The minimum atomic E-state index is -0.220. The smallest absolute Gasteiger partial charge is 0.266 e. The van der Waals surface area contributed by atoms with Gasteiger partial charge in [0.1, 0.15) is 4.88 Å². The minimum Gasteiger partial charge on any atom is -0.266 e. The van der Waals surface area contributed by atoms with Gasteiger partial charge in [-0.3, -0.25) is 4.79 Å². The van der Waals surface area contributed by atoms with Gasteiger partial charge in [0.25, 0.3) is 5.91 Å². The number of amides is 1. The molecule has 0 aliphatic rings. The molecule has 0 bridgehead atoms. The van der Waals surface area contributed by atoms with E-state index in [4.69, 9.17) is 0 Å². The molecule has 1 N–H and O–H groups in total. The van der Waals surface area contributed by atoms with Gasteiger partial charge < -0.3 is 0 Å². The summed E-state index contributed by atoms with van der Waals surface area (Å²) in [7, 11) is 0. The molecule has 0 atom stereocenters. The van der Waals surface area contributed by atoms with E-state index in [0.29, 0.717) is 4.88 Å². The Balaban J connectivity index is 1.97. The quantitative estimate of drug-likeness (QED) is 0.693. The zero-order valence-corrected chi connectivity index (χ0v) is 13.1. The molecule has 2 rings (SSSR count). The third-order valence-electron chi connectivity index (χ3n) is 2.74. The molecule has 1 heterocycles. The van der Waals surface area contributed by atoms with E-state index in [-0.39, 0.29) is 5.91 Å². The summed E-state index contributed by atoms with van der Waals surface area (Å²) in [6, 6.07) is 9.96. The maximum atomic E-state index is 11.9. The number of thiazole rings is 1. The number of aryl methyl sites for hydroxylation is 2. The van der Waals surface area contributed by atoms with Gasteiger partial charge in [0.2, 0.25) is 0 Å². The second-order valence-corrected chi connectivity index (χ2v) is 5.85. The molecular formula is C16H17N3OS. The Morgan fingerprint density at radius 3 is 2.62 bits per heavy atom. The van der Waals surface area contributed by atoms with E-state index in [9.17, 15) is 4.79 Å². The fourth-order valence-electron chi connectivity index (χ4n) is 1.83. The van der Waals surface area contributed by atoms with Gasteiger partial charge >= 0.3 is 0 Å². The molecule has 0 aliphatic heterocycles. The molecule has 0 aliphatic carbocycles. The predicted octanol–water partition coefficient (Wildman–Crippen LogP) is 3.58. The van der Waals surface area contributed by atoms with E-state index in [1.807, 2.05) is 57.2 Å². The van der Waals surface area contributed by atoms with Crippen LogP contribution in [0.4, 0.5) is 0 Å². The Labute approximate surface area is 128 Å². The van der Waals surface area contributed by atoms with Crippen LogP contribution in [0.2, 0.25) is 0 Å². The SMILES string of the molecule is C/C(C=NNC(=O)c1sc(C)nc1C)=C\c1ccccc1. The molecule has 0 radical (unpaired) electrons.